The predicted octanol–water partition coefficient (Wildman–Crippen LogP) is 5.13. The molecular formula is C37H46FN8O10+. The minimum atomic E-state index is -1.30. The maximum Gasteiger partial charge on any atom is 0.511 e. The molecule has 1 atom stereocenters. The number of carbonyl (C=O) groups is 3. The maximum absolute atomic E-state index is 16.4. The van der Waals surface area contributed by atoms with E-state index in [9.17, 15) is 14.4 Å². The lowest BCUT2D eigenvalue weighted by atomic mass is 10.0. The minimum Gasteiger partial charge on any atom is -0.497 e. The van der Waals surface area contributed by atoms with Crippen LogP contribution < -0.4 is 30.8 Å². The summed E-state index contributed by atoms with van der Waals surface area (Å²) in [6, 6.07) is 8.67. The van der Waals surface area contributed by atoms with Crippen LogP contribution in [0.2, 0.25) is 0 Å². The summed E-state index contributed by atoms with van der Waals surface area (Å²) in [5.74, 6) is -2.00. The first-order valence-electron chi connectivity index (χ1n) is 17.2. The number of anilines is 1. The van der Waals surface area contributed by atoms with Crippen LogP contribution in [0, 0.1) is 11.2 Å². The molecule has 6 N–H and O–H groups in total. The number of amidine groups is 3. The number of H-pyrrole nitrogens is 1. The Morgan fingerprint density at radius 1 is 1.05 bits per heavy atom. The highest BCUT2D eigenvalue weighted by molar-refractivity contribution is 6.04. The Hall–Kier alpha value is -6.79. The number of esters is 1. The number of ether oxygens (including phenoxy) is 7. The quantitative estimate of drug-likeness (QED) is 0.0249. The van der Waals surface area contributed by atoms with Crippen molar-refractivity contribution in [2.45, 2.75) is 52.7 Å². The summed E-state index contributed by atoms with van der Waals surface area (Å²) in [7, 11) is 1.37. The van der Waals surface area contributed by atoms with Crippen molar-refractivity contribution in [3.8, 4) is 11.5 Å². The van der Waals surface area contributed by atoms with Gasteiger partial charge in [0.25, 0.3) is 0 Å². The van der Waals surface area contributed by atoms with E-state index in [1.54, 1.807) is 31.3 Å². The summed E-state index contributed by atoms with van der Waals surface area (Å²) < 4.78 is 53.2. The Morgan fingerprint density at radius 2 is 1.79 bits per heavy atom. The number of aromatic amines is 1. The number of hydrogen-bond donors (Lipinski definition) is 4. The highest BCUT2D eigenvalue weighted by atomic mass is 19.1. The van der Waals surface area contributed by atoms with Crippen LogP contribution in [0.25, 0.3) is 0 Å². The van der Waals surface area contributed by atoms with E-state index in [1.807, 2.05) is 13.8 Å². The lowest BCUT2D eigenvalue weighted by Gasteiger charge is -2.22. The summed E-state index contributed by atoms with van der Waals surface area (Å²) in [6.45, 7) is 9.27. The lowest BCUT2D eigenvalue weighted by Crippen LogP contribution is -2.32. The second-order valence-electron chi connectivity index (χ2n) is 11.7. The normalized spacial score (nSPS) is 11.8. The number of nitrogens with one attached hydrogen (secondary N) is 4. The molecule has 0 spiro atoms. The van der Waals surface area contributed by atoms with Gasteiger partial charge in [-0.2, -0.15) is 4.99 Å². The first kappa shape index (κ1) is 43.6. The third kappa shape index (κ3) is 14.6. The van der Waals surface area contributed by atoms with E-state index in [2.05, 4.69) is 37.2 Å². The SMILES string of the molecule is C=C(C)COC(=O)NC(=N)c1ccc(NC(/C(N)=N/C(=N/c2nccc[nH+]2)OCOC(=O)OC(CC)CC)c2cc(OC)cc(OCCOC(C)=O)c2F)cc1. The van der Waals surface area contributed by atoms with E-state index in [4.69, 9.17) is 44.3 Å². The standard InChI is InChI=1S/C37H45FN8O10/c1-7-26(8-2)56-37(49)55-21-54-35(46-34-41-14-9-15-42-34)44-33(40)31(28-18-27(50-6)19-29(30(28)38)52-17-16-51-23(5)47)43-25-12-10-24(11-13-25)32(39)45-36(48)53-20-22(3)4/h9-15,18-19,26,31,43H,3,7-8,16-17,20-21H2,1-2,4-6H3,(H2,39,45,48)(H2,40,41,42,44,46)/p+1. The van der Waals surface area contributed by atoms with Crippen LogP contribution in [-0.2, 0) is 28.5 Å². The Morgan fingerprint density at radius 3 is 2.41 bits per heavy atom. The molecule has 0 saturated heterocycles. The van der Waals surface area contributed by atoms with Gasteiger partial charge in [-0.05, 0) is 60.7 Å². The fourth-order valence-corrected chi connectivity index (χ4v) is 4.46. The third-order valence-corrected chi connectivity index (χ3v) is 7.25. The molecule has 0 aliphatic carbocycles. The van der Waals surface area contributed by atoms with Crippen molar-refractivity contribution in [2.75, 3.05) is 39.0 Å². The van der Waals surface area contributed by atoms with Gasteiger partial charge in [0.05, 0.1) is 13.3 Å². The minimum absolute atomic E-state index is 0.0123. The largest absolute Gasteiger partial charge is 0.511 e. The molecule has 56 heavy (non-hydrogen) atoms. The van der Waals surface area contributed by atoms with E-state index in [1.165, 1.54) is 44.5 Å². The molecular weight excluding hydrogens is 735 g/mol. The summed E-state index contributed by atoms with van der Waals surface area (Å²) in [4.78, 5) is 51.0. The average molecular weight is 782 g/mol. The molecule has 0 fully saturated rings. The van der Waals surface area contributed by atoms with Gasteiger partial charge in [-0.15, -0.1) is 0 Å². The summed E-state index contributed by atoms with van der Waals surface area (Å²) >= 11 is 0. The second kappa shape index (κ2) is 22.4. The van der Waals surface area contributed by atoms with E-state index in [0.717, 1.165) is 0 Å². The molecule has 3 aromatic rings. The van der Waals surface area contributed by atoms with Crippen LogP contribution in [-0.4, -0.2) is 80.7 Å². The molecule has 1 unspecified atom stereocenters. The number of amides is 1. The van der Waals surface area contributed by atoms with Crippen molar-refractivity contribution in [3.05, 3.63) is 84.0 Å². The molecule has 18 nitrogen and oxygen atoms in total. The van der Waals surface area contributed by atoms with Gasteiger partial charge in [-0.1, -0.05) is 25.4 Å². The number of carbonyl (C=O) groups excluding carboxylic acids is 3. The first-order chi connectivity index (χ1) is 26.8. The highest BCUT2D eigenvalue weighted by Crippen LogP contribution is 2.33. The lowest BCUT2D eigenvalue weighted by molar-refractivity contribution is -0.366. The summed E-state index contributed by atoms with van der Waals surface area (Å²) in [5.41, 5.74) is 7.78. The van der Waals surface area contributed by atoms with E-state index in [-0.39, 0.29) is 60.6 Å². The van der Waals surface area contributed by atoms with Crippen molar-refractivity contribution in [1.29, 1.82) is 5.41 Å². The van der Waals surface area contributed by atoms with Crippen molar-refractivity contribution < 1.29 is 56.9 Å². The van der Waals surface area contributed by atoms with Crippen molar-refractivity contribution in [3.63, 3.8) is 0 Å². The fraction of sp³-hybridized carbons (Fsp3) is 0.351. The molecule has 0 radical (unpaired) electrons. The predicted molar refractivity (Wildman–Crippen MR) is 201 cm³/mol. The van der Waals surface area contributed by atoms with Crippen LogP contribution in [0.4, 0.5) is 25.6 Å². The molecule has 19 heteroatoms. The molecule has 0 saturated carbocycles. The number of aliphatic imine (C=N–C) groups is 2. The number of nitrogens with two attached hydrogens (primary N) is 1. The van der Waals surface area contributed by atoms with Gasteiger partial charge >= 0.3 is 30.2 Å². The zero-order valence-electron chi connectivity index (χ0n) is 31.7. The number of halogens is 1. The molecule has 1 aromatic heterocycles. The molecule has 0 bridgehead atoms. The van der Waals surface area contributed by atoms with Gasteiger partial charge in [0, 0.05) is 35.9 Å². The number of benzene rings is 2. The molecule has 0 aliphatic heterocycles. The van der Waals surface area contributed by atoms with E-state index >= 15 is 4.39 Å². The fourth-order valence-electron chi connectivity index (χ4n) is 4.46. The first-order valence-corrected chi connectivity index (χ1v) is 17.2. The van der Waals surface area contributed by atoms with Crippen LogP contribution >= 0.6 is 0 Å². The maximum atomic E-state index is 16.4. The van der Waals surface area contributed by atoms with Crippen LogP contribution in [0.15, 0.2) is 77.0 Å². The smallest absolute Gasteiger partial charge is 0.497 e. The number of hydrogen-bond acceptors (Lipinski definition) is 14. The molecule has 1 amide bonds. The number of aromatic nitrogens is 2. The molecule has 3 rings (SSSR count). The topological polar surface area (TPSA) is 241 Å². The molecule has 1 heterocycles. The van der Waals surface area contributed by atoms with Crippen molar-refractivity contribution in [1.82, 2.24) is 10.3 Å². The van der Waals surface area contributed by atoms with Gasteiger partial charge in [0.1, 0.15) is 55.6 Å². The molecule has 0 aliphatic rings. The van der Waals surface area contributed by atoms with Crippen LogP contribution in [0.5, 0.6) is 11.5 Å². The Bertz CT molecular complexity index is 1870. The van der Waals surface area contributed by atoms with Crippen LogP contribution in [0.1, 0.15) is 57.7 Å². The summed E-state index contributed by atoms with van der Waals surface area (Å²) in [6.07, 6.45) is 1.99. The Balaban J connectivity index is 2.03. The van der Waals surface area contributed by atoms with Gasteiger partial charge in [0.2, 0.25) is 6.79 Å². The van der Waals surface area contributed by atoms with E-state index in [0.29, 0.717) is 29.7 Å². The number of methoxy groups -OCH3 is 1. The number of rotatable bonds is 18. The molecule has 300 valence electrons. The summed E-state index contributed by atoms with van der Waals surface area (Å²) in [5, 5.41) is 13.7. The van der Waals surface area contributed by atoms with Gasteiger partial charge in [-0.25, -0.2) is 19.0 Å². The zero-order chi connectivity index (χ0) is 41.0. The average Bonchev–Trinajstić information content (AvgIpc) is 3.17. The molecule has 2 aromatic carbocycles. The monoisotopic (exact) mass is 781 g/mol. The van der Waals surface area contributed by atoms with Gasteiger partial charge in [0.15, 0.2) is 11.6 Å². The highest BCUT2D eigenvalue weighted by Gasteiger charge is 2.26. The second-order valence-corrected chi connectivity index (χ2v) is 11.7. The number of nitrogens with zero attached hydrogens (tertiary/aromatic N) is 3. The number of alkyl carbamates (subject to hydrolysis) is 1. The van der Waals surface area contributed by atoms with Gasteiger partial charge < -0.3 is 44.2 Å². The zero-order valence-corrected chi connectivity index (χ0v) is 31.7. The van der Waals surface area contributed by atoms with E-state index < -0.39 is 42.9 Å². The van der Waals surface area contributed by atoms with Crippen molar-refractivity contribution in [2.24, 2.45) is 15.7 Å². The third-order valence-electron chi connectivity index (χ3n) is 7.25. The van der Waals surface area contributed by atoms with Crippen LogP contribution in [0.3, 0.4) is 0 Å². The van der Waals surface area contributed by atoms with Gasteiger partial charge in [-0.3, -0.25) is 15.5 Å². The Kier molecular flexibility index (Phi) is 17.5. The van der Waals surface area contributed by atoms with Crippen molar-refractivity contribution >= 4 is 47.5 Å². The Labute approximate surface area is 322 Å².